The fourth-order valence-electron chi connectivity index (χ4n) is 2.34. The van der Waals surface area contributed by atoms with Crippen LogP contribution in [0, 0.1) is 11.3 Å². The van der Waals surface area contributed by atoms with Gasteiger partial charge in [0.1, 0.15) is 5.75 Å². The lowest BCUT2D eigenvalue weighted by Crippen LogP contribution is -2.32. The molecule has 1 aliphatic rings. The van der Waals surface area contributed by atoms with Crippen LogP contribution < -0.4 is 10.1 Å². The molecule has 0 saturated carbocycles. The predicted octanol–water partition coefficient (Wildman–Crippen LogP) is 2.94. The molecule has 2 rings (SSSR count). The summed E-state index contributed by atoms with van der Waals surface area (Å²) in [6.07, 6.45) is 2.23. The van der Waals surface area contributed by atoms with Crippen LogP contribution in [-0.2, 0) is 4.74 Å². The molecular formula is C15H20N2O2. The van der Waals surface area contributed by atoms with Crippen LogP contribution in [-0.4, -0.2) is 25.4 Å². The van der Waals surface area contributed by atoms with E-state index in [1.807, 2.05) is 19.1 Å². The second-order valence-electron chi connectivity index (χ2n) is 4.80. The highest BCUT2D eigenvalue weighted by atomic mass is 16.5. The SMILES string of the molecule is CCOc1ccc(C#N)cc1N[C@@H]1CCO[C@H](C)C1. The van der Waals surface area contributed by atoms with Crippen molar-refractivity contribution in [3.63, 3.8) is 0 Å². The smallest absolute Gasteiger partial charge is 0.142 e. The number of nitrogens with zero attached hydrogens (tertiary/aromatic N) is 1. The number of benzene rings is 1. The van der Waals surface area contributed by atoms with E-state index in [1.165, 1.54) is 0 Å². The Hall–Kier alpha value is -1.73. The molecular weight excluding hydrogens is 240 g/mol. The molecule has 0 spiro atoms. The Labute approximate surface area is 114 Å². The number of nitrogens with one attached hydrogen (secondary N) is 1. The maximum atomic E-state index is 8.99. The molecule has 0 amide bonds. The van der Waals surface area contributed by atoms with Gasteiger partial charge in [-0.2, -0.15) is 5.26 Å². The van der Waals surface area contributed by atoms with E-state index in [1.54, 1.807) is 6.07 Å². The molecule has 0 bridgehead atoms. The van der Waals surface area contributed by atoms with Gasteiger partial charge in [-0.25, -0.2) is 0 Å². The molecule has 1 aromatic rings. The Morgan fingerprint density at radius 2 is 2.37 bits per heavy atom. The van der Waals surface area contributed by atoms with Gasteiger partial charge in [-0.3, -0.25) is 0 Å². The molecule has 19 heavy (non-hydrogen) atoms. The first-order valence-electron chi connectivity index (χ1n) is 6.78. The molecule has 1 fully saturated rings. The van der Waals surface area contributed by atoms with Gasteiger partial charge in [-0.1, -0.05) is 0 Å². The van der Waals surface area contributed by atoms with E-state index in [0.29, 0.717) is 18.2 Å². The minimum Gasteiger partial charge on any atom is -0.492 e. The number of hydrogen-bond donors (Lipinski definition) is 1. The van der Waals surface area contributed by atoms with Gasteiger partial charge in [-0.15, -0.1) is 0 Å². The molecule has 1 heterocycles. The number of ether oxygens (including phenoxy) is 2. The van der Waals surface area contributed by atoms with E-state index < -0.39 is 0 Å². The summed E-state index contributed by atoms with van der Waals surface area (Å²) in [5.41, 5.74) is 1.55. The predicted molar refractivity (Wildman–Crippen MR) is 74.4 cm³/mol. The topological polar surface area (TPSA) is 54.3 Å². The summed E-state index contributed by atoms with van der Waals surface area (Å²) in [5, 5.41) is 12.5. The van der Waals surface area contributed by atoms with Gasteiger partial charge in [0, 0.05) is 12.6 Å². The Morgan fingerprint density at radius 3 is 3.05 bits per heavy atom. The third-order valence-corrected chi connectivity index (χ3v) is 3.25. The molecule has 1 aliphatic heterocycles. The Bertz CT molecular complexity index is 468. The lowest BCUT2D eigenvalue weighted by molar-refractivity contribution is 0.0232. The van der Waals surface area contributed by atoms with Crippen LogP contribution in [0.2, 0.25) is 0 Å². The van der Waals surface area contributed by atoms with E-state index in [0.717, 1.165) is 30.9 Å². The van der Waals surface area contributed by atoms with E-state index >= 15 is 0 Å². The van der Waals surface area contributed by atoms with Crippen molar-refractivity contribution in [1.82, 2.24) is 0 Å². The van der Waals surface area contributed by atoms with Crippen LogP contribution in [0.1, 0.15) is 32.3 Å². The van der Waals surface area contributed by atoms with Gasteiger partial charge in [0.2, 0.25) is 0 Å². The quantitative estimate of drug-likeness (QED) is 0.904. The average Bonchev–Trinajstić information content (AvgIpc) is 2.41. The highest BCUT2D eigenvalue weighted by molar-refractivity contribution is 5.60. The first kappa shape index (κ1) is 13.7. The van der Waals surface area contributed by atoms with Gasteiger partial charge in [0.05, 0.1) is 30.0 Å². The molecule has 0 aromatic heterocycles. The normalized spacial score (nSPS) is 22.6. The minimum atomic E-state index is 0.279. The molecule has 1 saturated heterocycles. The third-order valence-electron chi connectivity index (χ3n) is 3.25. The largest absolute Gasteiger partial charge is 0.492 e. The lowest BCUT2D eigenvalue weighted by Gasteiger charge is -2.29. The summed E-state index contributed by atoms with van der Waals surface area (Å²) in [7, 11) is 0. The van der Waals surface area contributed by atoms with Crippen molar-refractivity contribution in [3.8, 4) is 11.8 Å². The molecule has 102 valence electrons. The van der Waals surface area contributed by atoms with Crippen LogP contribution in [0.25, 0.3) is 0 Å². The summed E-state index contributed by atoms with van der Waals surface area (Å²) in [6.45, 7) is 5.44. The summed E-state index contributed by atoms with van der Waals surface area (Å²) < 4.78 is 11.1. The number of hydrogen-bond acceptors (Lipinski definition) is 4. The van der Waals surface area contributed by atoms with Crippen LogP contribution in [0.15, 0.2) is 18.2 Å². The summed E-state index contributed by atoms with van der Waals surface area (Å²) in [5.74, 6) is 0.806. The second-order valence-corrected chi connectivity index (χ2v) is 4.80. The molecule has 0 unspecified atom stereocenters. The molecule has 1 N–H and O–H groups in total. The first-order chi connectivity index (χ1) is 9.22. The monoisotopic (exact) mass is 260 g/mol. The first-order valence-corrected chi connectivity index (χ1v) is 6.78. The standard InChI is InChI=1S/C15H20N2O2/c1-3-18-15-5-4-12(10-16)9-14(15)17-13-6-7-19-11(2)8-13/h4-5,9,11,13,17H,3,6-8H2,1-2H3/t11-,13-/m1/s1. The van der Waals surface area contributed by atoms with E-state index in [9.17, 15) is 0 Å². The van der Waals surface area contributed by atoms with Crippen molar-refractivity contribution >= 4 is 5.69 Å². The summed E-state index contributed by atoms with van der Waals surface area (Å²) >= 11 is 0. The molecule has 4 heteroatoms. The minimum absolute atomic E-state index is 0.279. The van der Waals surface area contributed by atoms with Gasteiger partial charge >= 0.3 is 0 Å². The molecule has 2 atom stereocenters. The van der Waals surface area contributed by atoms with Crippen LogP contribution in [0.4, 0.5) is 5.69 Å². The molecule has 0 aliphatic carbocycles. The average molecular weight is 260 g/mol. The van der Waals surface area contributed by atoms with Gasteiger partial charge < -0.3 is 14.8 Å². The zero-order valence-corrected chi connectivity index (χ0v) is 11.5. The van der Waals surface area contributed by atoms with Crippen LogP contribution >= 0.6 is 0 Å². The van der Waals surface area contributed by atoms with Crippen molar-refractivity contribution in [2.45, 2.75) is 38.8 Å². The number of rotatable bonds is 4. The van der Waals surface area contributed by atoms with Gasteiger partial charge in [0.15, 0.2) is 0 Å². The Balaban J connectivity index is 2.14. The maximum Gasteiger partial charge on any atom is 0.142 e. The molecule has 1 aromatic carbocycles. The van der Waals surface area contributed by atoms with Crippen LogP contribution in [0.3, 0.4) is 0 Å². The Kier molecular flexibility index (Phi) is 4.64. The van der Waals surface area contributed by atoms with Crippen LogP contribution in [0.5, 0.6) is 5.75 Å². The van der Waals surface area contributed by atoms with Gasteiger partial charge in [-0.05, 0) is 44.9 Å². The fraction of sp³-hybridized carbons (Fsp3) is 0.533. The van der Waals surface area contributed by atoms with Crippen molar-refractivity contribution < 1.29 is 9.47 Å². The maximum absolute atomic E-state index is 8.99. The highest BCUT2D eigenvalue weighted by Crippen LogP contribution is 2.28. The van der Waals surface area contributed by atoms with Gasteiger partial charge in [0.25, 0.3) is 0 Å². The zero-order chi connectivity index (χ0) is 13.7. The number of nitriles is 1. The second kappa shape index (κ2) is 6.44. The third kappa shape index (κ3) is 3.62. The fourth-order valence-corrected chi connectivity index (χ4v) is 2.34. The summed E-state index contributed by atoms with van der Waals surface area (Å²) in [6, 6.07) is 8.02. The van der Waals surface area contributed by atoms with Crippen molar-refractivity contribution in [2.24, 2.45) is 0 Å². The van der Waals surface area contributed by atoms with Crippen molar-refractivity contribution in [2.75, 3.05) is 18.5 Å². The van der Waals surface area contributed by atoms with Crippen molar-refractivity contribution in [3.05, 3.63) is 23.8 Å². The van der Waals surface area contributed by atoms with E-state index in [2.05, 4.69) is 18.3 Å². The molecule has 4 nitrogen and oxygen atoms in total. The lowest BCUT2D eigenvalue weighted by atomic mass is 10.0. The zero-order valence-electron chi connectivity index (χ0n) is 11.5. The molecule has 0 radical (unpaired) electrons. The van der Waals surface area contributed by atoms with Crippen molar-refractivity contribution in [1.29, 1.82) is 5.26 Å². The van der Waals surface area contributed by atoms with E-state index in [4.69, 9.17) is 14.7 Å². The highest BCUT2D eigenvalue weighted by Gasteiger charge is 2.20. The number of anilines is 1. The Morgan fingerprint density at radius 1 is 1.53 bits per heavy atom. The van der Waals surface area contributed by atoms with E-state index in [-0.39, 0.29) is 6.10 Å². The summed E-state index contributed by atoms with van der Waals surface area (Å²) in [4.78, 5) is 0.